The second-order valence-electron chi connectivity index (χ2n) is 11.8. The zero-order valence-corrected chi connectivity index (χ0v) is 26.5. The molecule has 7 aromatic carbocycles. The molecule has 0 aliphatic rings. The predicted octanol–water partition coefficient (Wildman–Crippen LogP) is 9.17. The number of benzene rings is 7. The summed E-state index contributed by atoms with van der Waals surface area (Å²) in [5.41, 5.74) is 9.76. The third-order valence-electron chi connectivity index (χ3n) is 9.16. The summed E-state index contributed by atoms with van der Waals surface area (Å²) in [5, 5.41) is 6.70. The number of para-hydroxylation sites is 2. The molecule has 0 unspecified atom stereocenters. The first-order chi connectivity index (χ1) is 22.8. The highest BCUT2D eigenvalue weighted by Crippen LogP contribution is 2.32. The maximum atomic E-state index is 2.50. The van der Waals surface area contributed by atoms with Crippen LogP contribution in [-0.4, -0.2) is 12.6 Å². The van der Waals surface area contributed by atoms with Crippen LogP contribution in [0.15, 0.2) is 194 Å². The van der Waals surface area contributed by atoms with E-state index in [2.05, 4.69) is 204 Å². The van der Waals surface area contributed by atoms with Gasteiger partial charge >= 0.3 is 0 Å². The molecule has 0 fully saturated rings. The van der Waals surface area contributed by atoms with Crippen LogP contribution in [0.4, 0.5) is 0 Å². The number of rotatable bonds is 7. The lowest BCUT2D eigenvalue weighted by Crippen LogP contribution is -2.66. The maximum Gasteiger partial charge on any atom is 0.172 e. The largest absolute Gasteiger partial charge is 0.309 e. The Morgan fingerprint density at radius 3 is 1.22 bits per heavy atom. The molecule has 8 aromatic rings. The predicted molar refractivity (Wildman–Crippen MR) is 199 cm³/mol. The molecule has 0 atom stereocenters. The van der Waals surface area contributed by atoms with Gasteiger partial charge in [-0.3, -0.25) is 0 Å². The van der Waals surface area contributed by atoms with Crippen LogP contribution in [0.2, 0.25) is 0 Å². The number of aromatic nitrogens is 1. The molecule has 46 heavy (non-hydrogen) atoms. The Morgan fingerprint density at radius 2 is 0.761 bits per heavy atom. The fraction of sp³-hybridized carbons (Fsp3) is 0. The average molecular weight is 604 g/mol. The first-order valence-electron chi connectivity index (χ1n) is 15.9. The SMILES string of the molecule is C(=C\[Si](c1ccccc1)(c1ccccc1)c1ccccc1)/c1ccc(-c2ccc(-n3c4ccccc4c4ccccc43)cc2)cc1. The Labute approximate surface area is 271 Å². The Bertz CT molecular complexity index is 2120. The van der Waals surface area contributed by atoms with Gasteiger partial charge in [0.15, 0.2) is 8.07 Å². The summed E-state index contributed by atoms with van der Waals surface area (Å²) in [7, 11) is -2.44. The van der Waals surface area contributed by atoms with E-state index in [9.17, 15) is 0 Å². The number of hydrogen-bond donors (Lipinski definition) is 0. The van der Waals surface area contributed by atoms with Crippen molar-refractivity contribution in [3.05, 3.63) is 199 Å². The molecule has 218 valence electrons. The molecule has 0 radical (unpaired) electrons. The number of hydrogen-bond acceptors (Lipinski definition) is 0. The lowest BCUT2D eigenvalue weighted by atomic mass is 10.0. The molecule has 2 heteroatoms. The van der Waals surface area contributed by atoms with Gasteiger partial charge in [0.1, 0.15) is 0 Å². The first-order valence-corrected chi connectivity index (χ1v) is 17.9. The molecule has 8 rings (SSSR count). The van der Waals surface area contributed by atoms with Crippen molar-refractivity contribution in [2.75, 3.05) is 0 Å². The van der Waals surface area contributed by atoms with Crippen molar-refractivity contribution in [1.82, 2.24) is 4.57 Å². The van der Waals surface area contributed by atoms with Gasteiger partial charge in [-0.25, -0.2) is 0 Å². The third-order valence-corrected chi connectivity index (χ3v) is 13.6. The minimum atomic E-state index is -2.44. The van der Waals surface area contributed by atoms with Crippen LogP contribution in [0.1, 0.15) is 5.56 Å². The number of nitrogens with zero attached hydrogens (tertiary/aromatic N) is 1. The van der Waals surface area contributed by atoms with E-state index in [1.54, 1.807) is 0 Å². The summed E-state index contributed by atoms with van der Waals surface area (Å²) in [6.07, 6.45) is 2.33. The van der Waals surface area contributed by atoms with Gasteiger partial charge in [0.25, 0.3) is 0 Å². The molecule has 1 heterocycles. The van der Waals surface area contributed by atoms with Crippen LogP contribution in [0, 0.1) is 0 Å². The normalized spacial score (nSPS) is 11.8. The fourth-order valence-electron chi connectivity index (χ4n) is 6.90. The summed E-state index contributed by atoms with van der Waals surface area (Å²) < 4.78 is 2.37. The highest BCUT2D eigenvalue weighted by atomic mass is 28.3. The molecule has 0 aliphatic carbocycles. The molecule has 0 spiro atoms. The summed E-state index contributed by atoms with van der Waals surface area (Å²) in [4.78, 5) is 0. The van der Waals surface area contributed by atoms with Gasteiger partial charge in [0.05, 0.1) is 11.0 Å². The van der Waals surface area contributed by atoms with E-state index in [0.717, 1.165) is 0 Å². The molecule has 0 bridgehead atoms. The molecule has 0 amide bonds. The van der Waals surface area contributed by atoms with Gasteiger partial charge in [0.2, 0.25) is 0 Å². The van der Waals surface area contributed by atoms with E-state index >= 15 is 0 Å². The average Bonchev–Trinajstić information content (AvgIpc) is 3.48. The van der Waals surface area contributed by atoms with E-state index in [-0.39, 0.29) is 0 Å². The van der Waals surface area contributed by atoms with E-state index < -0.39 is 8.07 Å². The van der Waals surface area contributed by atoms with Crippen LogP contribution < -0.4 is 15.6 Å². The van der Waals surface area contributed by atoms with Crippen molar-refractivity contribution in [3.8, 4) is 16.8 Å². The molecule has 0 saturated heterocycles. The smallest absolute Gasteiger partial charge is 0.172 e. The third kappa shape index (κ3) is 4.90. The van der Waals surface area contributed by atoms with Crippen LogP contribution in [-0.2, 0) is 0 Å². The molecule has 1 aromatic heterocycles. The van der Waals surface area contributed by atoms with Crippen molar-refractivity contribution in [2.45, 2.75) is 0 Å². The van der Waals surface area contributed by atoms with Crippen LogP contribution in [0.3, 0.4) is 0 Å². The molecule has 1 nitrogen and oxygen atoms in total. The van der Waals surface area contributed by atoms with Crippen molar-refractivity contribution >= 4 is 51.5 Å². The Hall–Kier alpha value is -5.70. The number of fused-ring (bicyclic) bond motifs is 3. The van der Waals surface area contributed by atoms with Gasteiger partial charge < -0.3 is 4.57 Å². The van der Waals surface area contributed by atoms with Gasteiger partial charge in [-0.1, -0.05) is 176 Å². The van der Waals surface area contributed by atoms with E-state index in [0.29, 0.717) is 0 Å². The standard InChI is InChI=1S/C44H33NSi/c1-4-14-38(15-5-1)46(39-16-6-2-7-17-39,40-18-8-3-9-19-40)33-32-34-24-26-35(27-25-34)36-28-30-37(31-29-36)45-43-22-12-10-20-41(43)42-21-11-13-23-44(42)45/h1-33H/b33-32+. The molecule has 0 N–H and O–H groups in total. The monoisotopic (exact) mass is 603 g/mol. The van der Waals surface area contributed by atoms with Crippen molar-refractivity contribution in [2.24, 2.45) is 0 Å². The van der Waals surface area contributed by atoms with Gasteiger partial charge in [0, 0.05) is 16.5 Å². The highest BCUT2D eigenvalue weighted by Gasteiger charge is 2.36. The maximum absolute atomic E-state index is 2.50. The molecule has 0 aliphatic heterocycles. The van der Waals surface area contributed by atoms with Crippen LogP contribution in [0.5, 0.6) is 0 Å². The van der Waals surface area contributed by atoms with Crippen LogP contribution in [0.25, 0.3) is 44.7 Å². The molecule has 0 saturated carbocycles. The Morgan fingerprint density at radius 1 is 0.370 bits per heavy atom. The Kier molecular flexibility index (Phi) is 7.26. The fourth-order valence-corrected chi connectivity index (χ4v) is 11.1. The highest BCUT2D eigenvalue weighted by molar-refractivity contribution is 7.15. The van der Waals surface area contributed by atoms with Gasteiger partial charge in [-0.15, -0.1) is 0 Å². The van der Waals surface area contributed by atoms with Crippen molar-refractivity contribution in [1.29, 1.82) is 0 Å². The lowest BCUT2D eigenvalue weighted by molar-refractivity contribution is 1.18. The van der Waals surface area contributed by atoms with E-state index in [4.69, 9.17) is 0 Å². The second kappa shape index (κ2) is 12.0. The molecular formula is C44H33NSi. The van der Waals surface area contributed by atoms with Gasteiger partial charge in [-0.2, -0.15) is 0 Å². The summed E-state index contributed by atoms with van der Waals surface area (Å²) >= 11 is 0. The van der Waals surface area contributed by atoms with Crippen molar-refractivity contribution < 1.29 is 0 Å². The minimum Gasteiger partial charge on any atom is -0.309 e. The second-order valence-corrected chi connectivity index (χ2v) is 15.5. The van der Waals surface area contributed by atoms with Crippen LogP contribution >= 0.6 is 0 Å². The zero-order chi connectivity index (χ0) is 30.8. The minimum absolute atomic E-state index is 1.17. The summed E-state index contributed by atoms with van der Waals surface area (Å²) in [6, 6.07) is 68.3. The summed E-state index contributed by atoms with van der Waals surface area (Å²) in [6.45, 7) is 0. The quantitative estimate of drug-likeness (QED) is 0.126. The van der Waals surface area contributed by atoms with E-state index in [1.807, 2.05) is 0 Å². The van der Waals surface area contributed by atoms with E-state index in [1.165, 1.54) is 59.7 Å². The lowest BCUT2D eigenvalue weighted by Gasteiger charge is -2.30. The zero-order valence-electron chi connectivity index (χ0n) is 25.5. The van der Waals surface area contributed by atoms with Gasteiger partial charge in [-0.05, 0) is 56.5 Å². The summed E-state index contributed by atoms with van der Waals surface area (Å²) in [5.74, 6) is 0. The molecular weight excluding hydrogens is 571 g/mol. The topological polar surface area (TPSA) is 4.93 Å². The van der Waals surface area contributed by atoms with Crippen molar-refractivity contribution in [3.63, 3.8) is 0 Å². The first kappa shape index (κ1) is 27.8. The Balaban J connectivity index is 1.14.